The predicted molar refractivity (Wildman–Crippen MR) is 92.5 cm³/mol. The summed E-state index contributed by atoms with van der Waals surface area (Å²) in [5.74, 6) is 0.895. The summed E-state index contributed by atoms with van der Waals surface area (Å²) >= 11 is 1.74. The first-order valence-corrected chi connectivity index (χ1v) is 9.14. The molecule has 2 aromatic rings. The molecule has 1 saturated heterocycles. The van der Waals surface area contributed by atoms with Crippen molar-refractivity contribution in [1.29, 1.82) is 0 Å². The quantitative estimate of drug-likeness (QED) is 0.702. The number of nitrogens with zero attached hydrogens (tertiary/aromatic N) is 4. The molecule has 1 fully saturated rings. The number of hydrogen-bond acceptors (Lipinski definition) is 8. The Morgan fingerprint density at radius 1 is 1.33 bits per heavy atom. The lowest BCUT2D eigenvalue weighted by molar-refractivity contribution is -0.0289. The molecule has 3 heterocycles. The van der Waals surface area contributed by atoms with Gasteiger partial charge in [-0.2, -0.15) is 11.8 Å². The maximum Gasteiger partial charge on any atom is 0.167 e. The van der Waals surface area contributed by atoms with E-state index in [9.17, 15) is 10.2 Å². The largest absolute Gasteiger partial charge is 0.387 e. The third-order valence-electron chi connectivity index (χ3n) is 4.24. The molecule has 8 nitrogen and oxygen atoms in total. The molecule has 9 heteroatoms. The van der Waals surface area contributed by atoms with Gasteiger partial charge in [0.05, 0.1) is 12.4 Å². The van der Waals surface area contributed by atoms with Crippen LogP contribution in [0.2, 0.25) is 0 Å². The maximum absolute atomic E-state index is 10.4. The van der Waals surface area contributed by atoms with Crippen molar-refractivity contribution in [2.45, 2.75) is 56.5 Å². The molecule has 1 aliphatic rings. The minimum Gasteiger partial charge on any atom is -0.387 e. The van der Waals surface area contributed by atoms with Crippen LogP contribution in [0.4, 0.5) is 5.82 Å². The van der Waals surface area contributed by atoms with Crippen LogP contribution in [0.25, 0.3) is 11.2 Å². The van der Waals surface area contributed by atoms with E-state index in [1.807, 2.05) is 0 Å². The molecule has 0 bridgehead atoms. The summed E-state index contributed by atoms with van der Waals surface area (Å²) in [4.78, 5) is 12.2. The molecule has 132 valence electrons. The predicted octanol–water partition coefficient (Wildman–Crippen LogP) is 0.949. The van der Waals surface area contributed by atoms with Crippen LogP contribution >= 0.6 is 11.8 Å². The smallest absolute Gasteiger partial charge is 0.167 e. The molecule has 2 aromatic heterocycles. The lowest BCUT2D eigenvalue weighted by Gasteiger charge is -2.17. The van der Waals surface area contributed by atoms with Gasteiger partial charge < -0.3 is 20.7 Å². The standard InChI is InChI=1S/C15H23N5O3S/c1-3-4-8(2)24-5-9-11(21)12(22)15(23-9)20-7-19-10-13(16)17-6-18-14(10)20/h6-9,11-12,15,21-22H,3-5H2,1-2H3,(H2,16,17,18)/t8?,9-,11-,12-,15-/m1/s1. The third kappa shape index (κ3) is 3.21. The zero-order valence-electron chi connectivity index (χ0n) is 13.7. The van der Waals surface area contributed by atoms with Gasteiger partial charge in [-0.25, -0.2) is 15.0 Å². The highest BCUT2D eigenvalue weighted by Gasteiger charge is 2.44. The van der Waals surface area contributed by atoms with Crippen LogP contribution in [0.15, 0.2) is 12.7 Å². The van der Waals surface area contributed by atoms with Crippen LogP contribution in [-0.4, -0.2) is 59.0 Å². The number of fused-ring (bicyclic) bond motifs is 1. The number of anilines is 1. The summed E-state index contributed by atoms with van der Waals surface area (Å²) in [5, 5.41) is 21.2. The molecule has 24 heavy (non-hydrogen) atoms. The molecular weight excluding hydrogens is 330 g/mol. The fraction of sp³-hybridized carbons (Fsp3) is 0.667. The second-order valence-electron chi connectivity index (χ2n) is 6.06. The number of nitrogen functional groups attached to an aromatic ring is 1. The molecule has 3 rings (SSSR count). The highest BCUT2D eigenvalue weighted by molar-refractivity contribution is 7.99. The van der Waals surface area contributed by atoms with Gasteiger partial charge in [0.25, 0.3) is 0 Å². The van der Waals surface area contributed by atoms with Crippen molar-refractivity contribution in [2.24, 2.45) is 0 Å². The Labute approximate surface area is 144 Å². The van der Waals surface area contributed by atoms with Crippen LogP contribution in [0.1, 0.15) is 32.9 Å². The van der Waals surface area contributed by atoms with E-state index in [1.165, 1.54) is 12.7 Å². The molecule has 1 unspecified atom stereocenters. The van der Waals surface area contributed by atoms with E-state index in [0.717, 1.165) is 12.8 Å². The van der Waals surface area contributed by atoms with Gasteiger partial charge in [-0.05, 0) is 6.42 Å². The van der Waals surface area contributed by atoms with E-state index in [-0.39, 0.29) is 5.82 Å². The Kier molecular flexibility index (Phi) is 5.24. The van der Waals surface area contributed by atoms with Crippen molar-refractivity contribution in [3.05, 3.63) is 12.7 Å². The average molecular weight is 353 g/mol. The zero-order valence-corrected chi connectivity index (χ0v) is 14.6. The first-order chi connectivity index (χ1) is 11.5. The minimum atomic E-state index is -1.05. The summed E-state index contributed by atoms with van der Waals surface area (Å²) in [6.45, 7) is 4.31. The Morgan fingerprint density at radius 3 is 2.88 bits per heavy atom. The van der Waals surface area contributed by atoms with E-state index in [4.69, 9.17) is 10.5 Å². The van der Waals surface area contributed by atoms with E-state index in [0.29, 0.717) is 22.2 Å². The Morgan fingerprint density at radius 2 is 2.12 bits per heavy atom. The van der Waals surface area contributed by atoms with Crippen LogP contribution < -0.4 is 5.73 Å². The number of rotatable bonds is 6. The minimum absolute atomic E-state index is 0.271. The first kappa shape index (κ1) is 17.4. The second-order valence-corrected chi connectivity index (χ2v) is 7.53. The molecule has 0 radical (unpaired) electrons. The van der Waals surface area contributed by atoms with Crippen molar-refractivity contribution >= 4 is 28.7 Å². The van der Waals surface area contributed by atoms with Gasteiger partial charge in [0.2, 0.25) is 0 Å². The SMILES string of the molecule is CCCC(C)SC[C@H]1O[C@@H](n2cnc3c(N)ncnc32)[C@H](O)[C@@H]1O. The summed E-state index contributed by atoms with van der Waals surface area (Å²) < 4.78 is 7.51. The normalized spacial score (nSPS) is 28.5. The summed E-state index contributed by atoms with van der Waals surface area (Å²) in [6, 6.07) is 0. The van der Waals surface area contributed by atoms with Gasteiger partial charge in [0, 0.05) is 11.0 Å². The monoisotopic (exact) mass is 353 g/mol. The van der Waals surface area contributed by atoms with Crippen LogP contribution in [0, 0.1) is 0 Å². The molecule has 0 spiro atoms. The molecule has 5 atom stereocenters. The van der Waals surface area contributed by atoms with Gasteiger partial charge in [-0.1, -0.05) is 20.3 Å². The van der Waals surface area contributed by atoms with E-state index in [2.05, 4.69) is 28.8 Å². The van der Waals surface area contributed by atoms with Gasteiger partial charge in [0.15, 0.2) is 17.7 Å². The number of aromatic nitrogens is 4. The van der Waals surface area contributed by atoms with Gasteiger partial charge in [0.1, 0.15) is 24.1 Å². The highest BCUT2D eigenvalue weighted by Crippen LogP contribution is 2.34. The lowest BCUT2D eigenvalue weighted by Crippen LogP contribution is -2.32. The lowest BCUT2D eigenvalue weighted by atomic mass is 10.1. The first-order valence-electron chi connectivity index (χ1n) is 8.09. The number of imidazole rings is 1. The molecule has 0 aliphatic carbocycles. The zero-order chi connectivity index (χ0) is 17.3. The molecule has 0 saturated carbocycles. The Balaban J connectivity index is 1.76. The van der Waals surface area contributed by atoms with E-state index in [1.54, 1.807) is 16.3 Å². The van der Waals surface area contributed by atoms with Crippen molar-refractivity contribution in [3.63, 3.8) is 0 Å². The van der Waals surface area contributed by atoms with Crippen LogP contribution in [-0.2, 0) is 4.74 Å². The molecule has 4 N–H and O–H groups in total. The van der Waals surface area contributed by atoms with Crippen molar-refractivity contribution in [1.82, 2.24) is 19.5 Å². The van der Waals surface area contributed by atoms with Gasteiger partial charge >= 0.3 is 0 Å². The van der Waals surface area contributed by atoms with Crippen molar-refractivity contribution < 1.29 is 14.9 Å². The summed E-state index contributed by atoms with van der Waals surface area (Å²) in [5.41, 5.74) is 6.72. The van der Waals surface area contributed by atoms with E-state index < -0.39 is 24.5 Å². The fourth-order valence-electron chi connectivity index (χ4n) is 2.90. The summed E-state index contributed by atoms with van der Waals surface area (Å²) in [6.07, 6.45) is 1.90. The number of hydrogen-bond donors (Lipinski definition) is 3. The number of thioether (sulfide) groups is 1. The maximum atomic E-state index is 10.4. The Bertz CT molecular complexity index is 697. The Hall–Kier alpha value is -1.42. The van der Waals surface area contributed by atoms with Crippen molar-refractivity contribution in [3.8, 4) is 0 Å². The van der Waals surface area contributed by atoms with Crippen molar-refractivity contribution in [2.75, 3.05) is 11.5 Å². The van der Waals surface area contributed by atoms with Crippen LogP contribution in [0.5, 0.6) is 0 Å². The fourth-order valence-corrected chi connectivity index (χ4v) is 4.10. The molecular formula is C15H23N5O3S. The average Bonchev–Trinajstić information content (AvgIpc) is 3.10. The number of nitrogens with two attached hydrogens (primary N) is 1. The molecule has 0 aromatic carbocycles. The second kappa shape index (κ2) is 7.22. The molecule has 1 aliphatic heterocycles. The van der Waals surface area contributed by atoms with Crippen LogP contribution in [0.3, 0.4) is 0 Å². The van der Waals surface area contributed by atoms with Gasteiger partial charge in [-0.15, -0.1) is 0 Å². The number of aliphatic hydroxyl groups excluding tert-OH is 2. The summed E-state index contributed by atoms with van der Waals surface area (Å²) in [7, 11) is 0. The third-order valence-corrected chi connectivity index (χ3v) is 5.56. The van der Waals surface area contributed by atoms with E-state index >= 15 is 0 Å². The highest BCUT2D eigenvalue weighted by atomic mass is 32.2. The topological polar surface area (TPSA) is 119 Å². The molecule has 0 amide bonds. The number of ether oxygens (including phenoxy) is 1. The number of aliphatic hydroxyl groups is 2. The van der Waals surface area contributed by atoms with Gasteiger partial charge in [-0.3, -0.25) is 4.57 Å².